The molecule has 0 aliphatic heterocycles. The number of hydrogen-bond acceptors (Lipinski definition) is 4. The van der Waals surface area contributed by atoms with Crippen molar-refractivity contribution in [3.63, 3.8) is 0 Å². The van der Waals surface area contributed by atoms with Crippen molar-refractivity contribution in [3.8, 4) is 0 Å². The summed E-state index contributed by atoms with van der Waals surface area (Å²) in [6.07, 6.45) is 0. The third-order valence-corrected chi connectivity index (χ3v) is 4.14. The molecule has 0 heterocycles. The van der Waals surface area contributed by atoms with E-state index in [0.717, 1.165) is 17.7 Å². The average Bonchev–Trinajstić information content (AvgIpc) is 2.40. The first-order chi connectivity index (χ1) is 9.93. The van der Waals surface area contributed by atoms with Crippen LogP contribution in [0.25, 0.3) is 0 Å². The summed E-state index contributed by atoms with van der Waals surface area (Å²) in [6, 6.07) is 7.57. The van der Waals surface area contributed by atoms with Crippen LogP contribution >= 0.6 is 0 Å². The Labute approximate surface area is 128 Å². The molecule has 1 aromatic rings. The summed E-state index contributed by atoms with van der Waals surface area (Å²) < 4.78 is 31.8. The van der Waals surface area contributed by atoms with E-state index in [1.807, 2.05) is 31.3 Å². The van der Waals surface area contributed by atoms with Gasteiger partial charge in [-0.3, -0.25) is 0 Å². The molecule has 0 aliphatic carbocycles. The molecule has 2 N–H and O–H groups in total. The zero-order chi connectivity index (χ0) is 15.7. The molecule has 21 heavy (non-hydrogen) atoms. The van der Waals surface area contributed by atoms with E-state index in [4.69, 9.17) is 4.74 Å². The Morgan fingerprint density at radius 3 is 2.33 bits per heavy atom. The quantitative estimate of drug-likeness (QED) is 0.642. The molecule has 0 bridgehead atoms. The van der Waals surface area contributed by atoms with Gasteiger partial charge in [-0.1, -0.05) is 38.1 Å². The van der Waals surface area contributed by atoms with E-state index in [-0.39, 0.29) is 5.75 Å². The van der Waals surface area contributed by atoms with E-state index in [1.54, 1.807) is 0 Å². The van der Waals surface area contributed by atoms with E-state index in [0.29, 0.717) is 25.7 Å². The van der Waals surface area contributed by atoms with Gasteiger partial charge in [0.1, 0.15) is 0 Å². The SMILES string of the molecule is CNCc1ccc(CS(=O)(=O)NCCOCC(C)C)cc1. The topological polar surface area (TPSA) is 67.4 Å². The lowest BCUT2D eigenvalue weighted by molar-refractivity contribution is 0.114. The highest BCUT2D eigenvalue weighted by Crippen LogP contribution is 2.07. The molecule has 120 valence electrons. The third kappa shape index (κ3) is 8.16. The first-order valence-electron chi connectivity index (χ1n) is 7.20. The Kier molecular flexibility index (Phi) is 7.88. The molecule has 0 unspecified atom stereocenters. The van der Waals surface area contributed by atoms with Crippen LogP contribution in [0.4, 0.5) is 0 Å². The predicted octanol–water partition coefficient (Wildman–Crippen LogP) is 1.50. The van der Waals surface area contributed by atoms with Gasteiger partial charge in [0.2, 0.25) is 10.0 Å². The fraction of sp³-hybridized carbons (Fsp3) is 0.600. The van der Waals surface area contributed by atoms with Crippen LogP contribution in [0.15, 0.2) is 24.3 Å². The van der Waals surface area contributed by atoms with Crippen LogP contribution in [0.5, 0.6) is 0 Å². The van der Waals surface area contributed by atoms with Crippen molar-refractivity contribution >= 4 is 10.0 Å². The molecule has 6 heteroatoms. The number of ether oxygens (including phenoxy) is 1. The highest BCUT2D eigenvalue weighted by Gasteiger charge is 2.10. The van der Waals surface area contributed by atoms with Crippen LogP contribution in [0, 0.1) is 5.92 Å². The minimum Gasteiger partial charge on any atom is -0.380 e. The molecule has 5 nitrogen and oxygen atoms in total. The molecule has 0 atom stereocenters. The normalized spacial score (nSPS) is 12.0. The molecule has 0 aliphatic rings. The van der Waals surface area contributed by atoms with E-state index in [1.165, 1.54) is 0 Å². The molecule has 0 radical (unpaired) electrons. The fourth-order valence-electron chi connectivity index (χ4n) is 1.82. The van der Waals surface area contributed by atoms with E-state index in [2.05, 4.69) is 23.9 Å². The third-order valence-electron chi connectivity index (χ3n) is 2.78. The van der Waals surface area contributed by atoms with Crippen molar-refractivity contribution in [3.05, 3.63) is 35.4 Å². The highest BCUT2D eigenvalue weighted by atomic mass is 32.2. The van der Waals surface area contributed by atoms with Gasteiger partial charge >= 0.3 is 0 Å². The smallest absolute Gasteiger partial charge is 0.215 e. The standard InChI is InChI=1S/C15H26N2O3S/c1-13(2)11-20-9-8-17-21(18,19)12-15-6-4-14(5-7-15)10-16-3/h4-7,13,16-17H,8-12H2,1-3H3. The van der Waals surface area contributed by atoms with Gasteiger partial charge in [0, 0.05) is 19.7 Å². The van der Waals surface area contributed by atoms with Crippen LogP contribution in [-0.4, -0.2) is 35.2 Å². The number of sulfonamides is 1. The largest absolute Gasteiger partial charge is 0.380 e. The number of nitrogens with one attached hydrogen (secondary N) is 2. The average molecular weight is 314 g/mol. The first-order valence-corrected chi connectivity index (χ1v) is 8.85. The summed E-state index contributed by atoms with van der Waals surface area (Å²) >= 11 is 0. The van der Waals surface area contributed by atoms with Gasteiger partial charge in [-0.15, -0.1) is 0 Å². The Morgan fingerprint density at radius 1 is 1.14 bits per heavy atom. The molecule has 0 spiro atoms. The van der Waals surface area contributed by atoms with Crippen molar-refractivity contribution in [2.45, 2.75) is 26.1 Å². The molecule has 0 amide bonds. The van der Waals surface area contributed by atoms with E-state index < -0.39 is 10.0 Å². The lowest BCUT2D eigenvalue weighted by atomic mass is 10.1. The summed E-state index contributed by atoms with van der Waals surface area (Å²) in [7, 11) is -1.43. The van der Waals surface area contributed by atoms with Crippen molar-refractivity contribution < 1.29 is 13.2 Å². The van der Waals surface area contributed by atoms with Gasteiger partial charge in [-0.05, 0) is 24.1 Å². The van der Waals surface area contributed by atoms with Gasteiger partial charge < -0.3 is 10.1 Å². The second kappa shape index (κ2) is 9.15. The zero-order valence-corrected chi connectivity index (χ0v) is 13.9. The molecular formula is C15H26N2O3S. The molecule has 1 aromatic carbocycles. The predicted molar refractivity (Wildman–Crippen MR) is 85.5 cm³/mol. The lowest BCUT2D eigenvalue weighted by Crippen LogP contribution is -2.29. The summed E-state index contributed by atoms with van der Waals surface area (Å²) in [5.74, 6) is 0.453. The van der Waals surface area contributed by atoms with Crippen LogP contribution < -0.4 is 10.0 Å². The summed E-state index contributed by atoms with van der Waals surface area (Å²) in [5.41, 5.74) is 1.92. The van der Waals surface area contributed by atoms with Crippen LogP contribution in [0.1, 0.15) is 25.0 Å². The Balaban J connectivity index is 2.37. The Morgan fingerprint density at radius 2 is 1.76 bits per heavy atom. The lowest BCUT2D eigenvalue weighted by Gasteiger charge is -2.09. The Hall–Kier alpha value is -0.950. The second-order valence-electron chi connectivity index (χ2n) is 5.47. The monoisotopic (exact) mass is 314 g/mol. The van der Waals surface area contributed by atoms with E-state index >= 15 is 0 Å². The van der Waals surface area contributed by atoms with Crippen LogP contribution in [0.3, 0.4) is 0 Å². The number of rotatable bonds is 10. The molecule has 0 saturated heterocycles. The zero-order valence-electron chi connectivity index (χ0n) is 13.1. The summed E-state index contributed by atoms with van der Waals surface area (Å²) in [6.45, 7) is 6.25. The van der Waals surface area contributed by atoms with E-state index in [9.17, 15) is 8.42 Å². The maximum absolute atomic E-state index is 11.9. The molecule has 1 rings (SSSR count). The first kappa shape index (κ1) is 18.1. The summed E-state index contributed by atoms with van der Waals surface area (Å²) in [5, 5.41) is 3.05. The molecule has 0 saturated carbocycles. The van der Waals surface area contributed by atoms with Crippen LogP contribution in [0.2, 0.25) is 0 Å². The van der Waals surface area contributed by atoms with Crippen LogP contribution in [-0.2, 0) is 27.1 Å². The number of benzene rings is 1. The van der Waals surface area contributed by atoms with Gasteiger partial charge in [0.25, 0.3) is 0 Å². The minimum absolute atomic E-state index is 0.00296. The maximum atomic E-state index is 11.9. The Bertz CT molecular complexity index is 498. The van der Waals surface area contributed by atoms with Gasteiger partial charge in [0.05, 0.1) is 12.4 Å². The fourth-order valence-corrected chi connectivity index (χ4v) is 2.94. The maximum Gasteiger partial charge on any atom is 0.215 e. The van der Waals surface area contributed by atoms with Crippen molar-refractivity contribution in [2.75, 3.05) is 26.8 Å². The minimum atomic E-state index is -3.31. The second-order valence-corrected chi connectivity index (χ2v) is 7.28. The van der Waals surface area contributed by atoms with Crippen molar-refractivity contribution in [2.24, 2.45) is 5.92 Å². The van der Waals surface area contributed by atoms with Crippen molar-refractivity contribution in [1.82, 2.24) is 10.0 Å². The van der Waals surface area contributed by atoms with Gasteiger partial charge in [0.15, 0.2) is 0 Å². The molecule has 0 fully saturated rings. The summed E-state index contributed by atoms with van der Waals surface area (Å²) in [4.78, 5) is 0. The molecule has 0 aromatic heterocycles. The highest BCUT2D eigenvalue weighted by molar-refractivity contribution is 7.88. The molecular weight excluding hydrogens is 288 g/mol. The van der Waals surface area contributed by atoms with Gasteiger partial charge in [-0.2, -0.15) is 0 Å². The number of hydrogen-bond donors (Lipinski definition) is 2. The van der Waals surface area contributed by atoms with Crippen molar-refractivity contribution in [1.29, 1.82) is 0 Å². The van der Waals surface area contributed by atoms with Gasteiger partial charge in [-0.25, -0.2) is 13.1 Å².